The van der Waals surface area contributed by atoms with Crippen LogP contribution in [0.2, 0.25) is 0 Å². The van der Waals surface area contributed by atoms with E-state index in [9.17, 15) is 9.90 Å². The number of ether oxygens (including phenoxy) is 1. The largest absolute Gasteiger partial charge is 0.465 e. The Morgan fingerprint density at radius 1 is 1.80 bits per heavy atom. The van der Waals surface area contributed by atoms with Crippen LogP contribution in [0.3, 0.4) is 0 Å². The van der Waals surface area contributed by atoms with Crippen LogP contribution in [0, 0.1) is 6.92 Å². The van der Waals surface area contributed by atoms with Crippen LogP contribution in [0.1, 0.15) is 23.7 Å². The zero-order valence-corrected chi connectivity index (χ0v) is 9.45. The van der Waals surface area contributed by atoms with Crippen LogP contribution < -0.4 is 5.73 Å². The molecule has 5 nitrogen and oxygen atoms in total. The van der Waals surface area contributed by atoms with Gasteiger partial charge in [-0.2, -0.15) is 0 Å². The van der Waals surface area contributed by atoms with Crippen LogP contribution in [0.15, 0.2) is 5.38 Å². The highest BCUT2D eigenvalue weighted by Crippen LogP contribution is 2.20. The smallest absolute Gasteiger partial charge is 0.326 e. The first-order valence-electron chi connectivity index (χ1n) is 4.58. The summed E-state index contributed by atoms with van der Waals surface area (Å²) in [7, 11) is 0. The van der Waals surface area contributed by atoms with Crippen molar-refractivity contribution in [2.75, 3.05) is 6.61 Å². The van der Waals surface area contributed by atoms with Crippen LogP contribution in [-0.2, 0) is 9.53 Å². The van der Waals surface area contributed by atoms with Crippen molar-refractivity contribution in [1.82, 2.24) is 4.98 Å². The Hall–Kier alpha value is -0.980. The first-order valence-corrected chi connectivity index (χ1v) is 5.46. The van der Waals surface area contributed by atoms with Gasteiger partial charge in [0, 0.05) is 11.1 Å². The minimum Gasteiger partial charge on any atom is -0.465 e. The fourth-order valence-corrected chi connectivity index (χ4v) is 1.86. The van der Waals surface area contributed by atoms with Crippen molar-refractivity contribution in [1.29, 1.82) is 0 Å². The van der Waals surface area contributed by atoms with E-state index in [0.717, 1.165) is 5.69 Å². The molecule has 3 N–H and O–H groups in total. The van der Waals surface area contributed by atoms with Crippen LogP contribution in [0.5, 0.6) is 0 Å². The molecule has 1 aromatic rings. The van der Waals surface area contributed by atoms with Gasteiger partial charge in [-0.3, -0.25) is 4.79 Å². The molecule has 0 amide bonds. The number of thiazole rings is 1. The molecule has 0 aliphatic rings. The zero-order chi connectivity index (χ0) is 11.4. The quantitative estimate of drug-likeness (QED) is 0.730. The van der Waals surface area contributed by atoms with Gasteiger partial charge in [0.25, 0.3) is 0 Å². The second-order valence-electron chi connectivity index (χ2n) is 3.05. The van der Waals surface area contributed by atoms with Gasteiger partial charge in [0.15, 0.2) is 0 Å². The van der Waals surface area contributed by atoms with Gasteiger partial charge < -0.3 is 15.6 Å². The van der Waals surface area contributed by atoms with E-state index in [1.54, 1.807) is 12.3 Å². The van der Waals surface area contributed by atoms with Crippen LogP contribution in [-0.4, -0.2) is 28.7 Å². The molecule has 2 atom stereocenters. The lowest BCUT2D eigenvalue weighted by Gasteiger charge is -2.14. The van der Waals surface area contributed by atoms with Gasteiger partial charge in [-0.15, -0.1) is 11.3 Å². The number of carbonyl (C=O) groups excluding carboxylic acids is 1. The fourth-order valence-electron chi connectivity index (χ4n) is 1.03. The second-order valence-corrected chi connectivity index (χ2v) is 3.94. The minimum absolute atomic E-state index is 0.246. The van der Waals surface area contributed by atoms with Crippen molar-refractivity contribution in [3.8, 4) is 0 Å². The Bertz CT molecular complexity index is 340. The van der Waals surface area contributed by atoms with E-state index in [-0.39, 0.29) is 6.61 Å². The fraction of sp³-hybridized carbons (Fsp3) is 0.556. The zero-order valence-electron chi connectivity index (χ0n) is 8.64. The molecule has 1 heterocycles. The number of carbonyl (C=O) groups is 1. The average molecular weight is 230 g/mol. The molecule has 1 rings (SSSR count). The van der Waals surface area contributed by atoms with Crippen molar-refractivity contribution in [2.45, 2.75) is 26.0 Å². The lowest BCUT2D eigenvalue weighted by molar-refractivity contribution is -0.147. The standard InChI is InChI=1S/C9H14N2O3S/c1-3-14-9(13)6(10)7(12)8-11-5(2)4-15-8/h4,6-7,12H,3,10H2,1-2H3. The summed E-state index contributed by atoms with van der Waals surface area (Å²) in [6, 6.07) is -1.07. The van der Waals surface area contributed by atoms with E-state index >= 15 is 0 Å². The van der Waals surface area contributed by atoms with Crippen molar-refractivity contribution in [3.05, 3.63) is 16.1 Å². The van der Waals surface area contributed by atoms with Crippen LogP contribution >= 0.6 is 11.3 Å². The number of nitrogens with two attached hydrogens (primary N) is 1. The highest BCUT2D eigenvalue weighted by molar-refractivity contribution is 7.09. The molecule has 0 radical (unpaired) electrons. The Labute approximate surface area is 91.9 Å². The maximum atomic E-state index is 11.2. The topological polar surface area (TPSA) is 85.4 Å². The van der Waals surface area contributed by atoms with Crippen molar-refractivity contribution < 1.29 is 14.6 Å². The minimum atomic E-state index is -1.09. The lowest BCUT2D eigenvalue weighted by atomic mass is 10.2. The molecular formula is C9H14N2O3S. The predicted octanol–water partition coefficient (Wildman–Crippen LogP) is 0.375. The Kier molecular flexibility index (Phi) is 4.19. The molecule has 0 spiro atoms. The predicted molar refractivity (Wildman–Crippen MR) is 56.4 cm³/mol. The van der Waals surface area contributed by atoms with Crippen molar-refractivity contribution >= 4 is 17.3 Å². The molecule has 84 valence electrons. The SMILES string of the molecule is CCOC(=O)C(N)C(O)c1nc(C)cs1. The third-order valence-electron chi connectivity index (χ3n) is 1.79. The number of aliphatic hydroxyl groups is 1. The molecule has 0 saturated heterocycles. The normalized spacial score (nSPS) is 14.7. The molecule has 2 unspecified atom stereocenters. The first-order chi connectivity index (χ1) is 7.06. The van der Waals surface area contributed by atoms with Gasteiger partial charge in [-0.05, 0) is 13.8 Å². The van der Waals surface area contributed by atoms with Gasteiger partial charge in [0.1, 0.15) is 17.2 Å². The van der Waals surface area contributed by atoms with Crippen molar-refractivity contribution in [3.63, 3.8) is 0 Å². The molecule has 1 aromatic heterocycles. The van der Waals surface area contributed by atoms with Gasteiger partial charge in [-0.25, -0.2) is 4.98 Å². The number of nitrogens with zero attached hydrogens (tertiary/aromatic N) is 1. The second kappa shape index (κ2) is 5.20. The summed E-state index contributed by atoms with van der Waals surface area (Å²) >= 11 is 1.27. The Morgan fingerprint density at radius 2 is 2.47 bits per heavy atom. The molecule has 0 fully saturated rings. The maximum Gasteiger partial charge on any atom is 0.326 e. The summed E-state index contributed by atoms with van der Waals surface area (Å²) in [5.41, 5.74) is 6.33. The average Bonchev–Trinajstić information content (AvgIpc) is 2.63. The van der Waals surface area contributed by atoms with Crippen LogP contribution in [0.4, 0.5) is 0 Å². The van der Waals surface area contributed by atoms with Gasteiger partial charge in [0.05, 0.1) is 6.61 Å². The molecule has 15 heavy (non-hydrogen) atoms. The van der Waals surface area contributed by atoms with E-state index in [2.05, 4.69) is 4.98 Å². The molecule has 0 saturated carbocycles. The summed E-state index contributed by atoms with van der Waals surface area (Å²) in [6.07, 6.45) is -1.09. The molecule has 0 aliphatic carbocycles. The molecule has 0 aromatic carbocycles. The summed E-state index contributed by atoms with van der Waals surface area (Å²) < 4.78 is 4.71. The monoisotopic (exact) mass is 230 g/mol. The lowest BCUT2D eigenvalue weighted by Crippen LogP contribution is -2.38. The number of hydrogen-bond donors (Lipinski definition) is 2. The highest BCUT2D eigenvalue weighted by atomic mass is 32.1. The van der Waals surface area contributed by atoms with E-state index < -0.39 is 18.1 Å². The third kappa shape index (κ3) is 2.98. The van der Waals surface area contributed by atoms with E-state index in [1.165, 1.54) is 11.3 Å². The van der Waals surface area contributed by atoms with Crippen molar-refractivity contribution in [2.24, 2.45) is 5.73 Å². The highest BCUT2D eigenvalue weighted by Gasteiger charge is 2.27. The number of aliphatic hydroxyl groups excluding tert-OH is 1. The third-order valence-corrected chi connectivity index (χ3v) is 2.82. The van der Waals surface area contributed by atoms with Gasteiger partial charge >= 0.3 is 5.97 Å². The van der Waals surface area contributed by atoms with Gasteiger partial charge in [-0.1, -0.05) is 0 Å². The number of aryl methyl sites for hydroxylation is 1. The summed E-state index contributed by atoms with van der Waals surface area (Å²) in [5, 5.41) is 11.9. The summed E-state index contributed by atoms with van der Waals surface area (Å²) in [4.78, 5) is 15.3. The number of esters is 1. The Morgan fingerprint density at radius 3 is 2.93 bits per heavy atom. The van der Waals surface area contributed by atoms with E-state index in [4.69, 9.17) is 10.5 Å². The summed E-state index contributed by atoms with van der Waals surface area (Å²) in [5.74, 6) is -0.613. The van der Waals surface area contributed by atoms with E-state index in [0.29, 0.717) is 5.01 Å². The van der Waals surface area contributed by atoms with E-state index in [1.807, 2.05) is 6.92 Å². The van der Waals surface area contributed by atoms with Crippen LogP contribution in [0.25, 0.3) is 0 Å². The number of rotatable bonds is 4. The molecule has 6 heteroatoms. The molecular weight excluding hydrogens is 216 g/mol. The Balaban J connectivity index is 2.67. The number of hydrogen-bond acceptors (Lipinski definition) is 6. The summed E-state index contributed by atoms with van der Waals surface area (Å²) in [6.45, 7) is 3.74. The maximum absolute atomic E-state index is 11.2. The van der Waals surface area contributed by atoms with Gasteiger partial charge in [0.2, 0.25) is 0 Å². The number of aromatic nitrogens is 1. The molecule has 0 bridgehead atoms. The molecule has 0 aliphatic heterocycles. The first kappa shape index (κ1) is 12.1.